The highest BCUT2D eigenvalue weighted by molar-refractivity contribution is 7.80. The number of rotatable bonds is 4. The second-order valence-electron chi connectivity index (χ2n) is 4.37. The Morgan fingerprint density at radius 3 is 2.44 bits per heavy atom. The van der Waals surface area contributed by atoms with E-state index in [4.69, 9.17) is 22.7 Å². The molecule has 0 saturated heterocycles. The van der Waals surface area contributed by atoms with Crippen molar-refractivity contribution in [3.8, 4) is 0 Å². The maximum atomic E-state index is 11.8. The van der Waals surface area contributed by atoms with Gasteiger partial charge in [0.05, 0.1) is 10.5 Å². The lowest BCUT2D eigenvalue weighted by Gasteiger charge is -2.37. The van der Waals surface area contributed by atoms with Crippen LogP contribution in [0.15, 0.2) is 0 Å². The third-order valence-corrected chi connectivity index (χ3v) is 3.65. The van der Waals surface area contributed by atoms with Crippen LogP contribution in [0.25, 0.3) is 0 Å². The number of carbonyl (C=O) groups is 1. The third kappa shape index (κ3) is 2.92. The molecule has 1 aliphatic carbocycles. The van der Waals surface area contributed by atoms with Gasteiger partial charge in [-0.3, -0.25) is 4.79 Å². The summed E-state index contributed by atoms with van der Waals surface area (Å²) in [6.45, 7) is 1.71. The van der Waals surface area contributed by atoms with E-state index in [9.17, 15) is 4.79 Å². The van der Waals surface area contributed by atoms with Crippen LogP contribution in [0, 0.1) is 0 Å². The number of amides is 1. The van der Waals surface area contributed by atoms with Crippen LogP contribution in [-0.2, 0) is 9.53 Å². The van der Waals surface area contributed by atoms with E-state index in [1.165, 1.54) is 13.5 Å². The number of nitrogens with two attached hydrogens (primary N) is 1. The second kappa shape index (κ2) is 5.59. The first kappa shape index (κ1) is 13.4. The summed E-state index contributed by atoms with van der Waals surface area (Å²) in [7, 11) is 1.51. The van der Waals surface area contributed by atoms with Crippen LogP contribution < -0.4 is 11.1 Å². The van der Waals surface area contributed by atoms with Gasteiger partial charge >= 0.3 is 0 Å². The minimum atomic E-state index is -0.489. The van der Waals surface area contributed by atoms with Gasteiger partial charge in [-0.05, 0) is 19.8 Å². The normalized spacial score (nSPS) is 21.1. The molecular weight excluding hydrogens is 224 g/mol. The van der Waals surface area contributed by atoms with E-state index in [0.717, 1.165) is 25.7 Å². The molecule has 4 nitrogen and oxygen atoms in total. The number of nitrogens with one attached hydrogen (secondary N) is 1. The maximum absolute atomic E-state index is 11.8. The van der Waals surface area contributed by atoms with Gasteiger partial charge in [0.1, 0.15) is 6.10 Å². The minimum absolute atomic E-state index is 0.141. The topological polar surface area (TPSA) is 64.3 Å². The molecule has 1 rings (SSSR count). The van der Waals surface area contributed by atoms with Crippen molar-refractivity contribution in [2.45, 2.75) is 50.7 Å². The molecule has 5 heteroatoms. The Morgan fingerprint density at radius 2 is 2.00 bits per heavy atom. The van der Waals surface area contributed by atoms with Crippen LogP contribution in [0.5, 0.6) is 0 Å². The summed E-state index contributed by atoms with van der Waals surface area (Å²) in [5, 5.41) is 2.95. The number of ether oxygens (including phenoxy) is 1. The SMILES string of the molecule is COC(C)C(=O)NC1(C(N)=S)CCCCC1. The molecule has 0 bridgehead atoms. The number of thiocarbonyl (C=S) groups is 1. The predicted molar refractivity (Wildman–Crippen MR) is 67.2 cm³/mol. The van der Waals surface area contributed by atoms with Gasteiger partial charge < -0.3 is 15.8 Å². The molecule has 1 unspecified atom stereocenters. The number of hydrogen-bond donors (Lipinski definition) is 2. The fraction of sp³-hybridized carbons (Fsp3) is 0.818. The zero-order valence-corrected chi connectivity index (χ0v) is 10.7. The van der Waals surface area contributed by atoms with Crippen LogP contribution in [-0.4, -0.2) is 29.6 Å². The molecule has 0 radical (unpaired) electrons. The first-order valence-electron chi connectivity index (χ1n) is 5.66. The molecule has 1 fully saturated rings. The molecule has 1 atom stereocenters. The van der Waals surface area contributed by atoms with E-state index >= 15 is 0 Å². The Hall–Kier alpha value is -0.680. The van der Waals surface area contributed by atoms with Crippen molar-refractivity contribution in [2.75, 3.05) is 7.11 Å². The van der Waals surface area contributed by atoms with Gasteiger partial charge in [0.15, 0.2) is 0 Å². The lowest BCUT2D eigenvalue weighted by atomic mass is 9.81. The standard InChI is InChI=1S/C11H20N2O2S/c1-8(15-2)9(14)13-11(10(12)16)6-4-3-5-7-11/h8H,3-7H2,1-2H3,(H2,12,16)(H,13,14). The summed E-state index contributed by atoms with van der Waals surface area (Å²) < 4.78 is 4.98. The molecule has 1 saturated carbocycles. The maximum Gasteiger partial charge on any atom is 0.249 e. The van der Waals surface area contributed by atoms with Gasteiger partial charge in [-0.25, -0.2) is 0 Å². The van der Waals surface area contributed by atoms with E-state index in [-0.39, 0.29) is 5.91 Å². The summed E-state index contributed by atoms with van der Waals surface area (Å²) >= 11 is 5.09. The van der Waals surface area contributed by atoms with Crippen molar-refractivity contribution >= 4 is 23.1 Å². The molecule has 1 aliphatic rings. The van der Waals surface area contributed by atoms with E-state index in [1.54, 1.807) is 6.92 Å². The Kier molecular flexibility index (Phi) is 4.68. The minimum Gasteiger partial charge on any atom is -0.391 e. The number of methoxy groups -OCH3 is 1. The van der Waals surface area contributed by atoms with Crippen LogP contribution >= 0.6 is 12.2 Å². The molecule has 0 spiro atoms. The zero-order chi connectivity index (χ0) is 12.2. The molecule has 0 aliphatic heterocycles. The van der Waals surface area contributed by atoms with Crippen LogP contribution in [0.2, 0.25) is 0 Å². The van der Waals surface area contributed by atoms with Gasteiger partial charge in [0.25, 0.3) is 0 Å². The Bertz CT molecular complexity index is 275. The molecule has 3 N–H and O–H groups in total. The van der Waals surface area contributed by atoms with E-state index < -0.39 is 11.6 Å². The summed E-state index contributed by atoms with van der Waals surface area (Å²) in [6.07, 6.45) is 4.50. The fourth-order valence-corrected chi connectivity index (χ4v) is 2.29. The predicted octanol–water partition coefficient (Wildman–Crippen LogP) is 1.13. The van der Waals surface area contributed by atoms with Crippen molar-refractivity contribution in [1.82, 2.24) is 5.32 Å². The summed E-state index contributed by atoms with van der Waals surface area (Å²) in [6, 6.07) is 0. The molecule has 16 heavy (non-hydrogen) atoms. The van der Waals surface area contributed by atoms with Gasteiger partial charge in [-0.2, -0.15) is 0 Å². The van der Waals surface area contributed by atoms with Crippen molar-refractivity contribution in [2.24, 2.45) is 5.73 Å². The highest BCUT2D eigenvalue weighted by Gasteiger charge is 2.37. The highest BCUT2D eigenvalue weighted by atomic mass is 32.1. The van der Waals surface area contributed by atoms with E-state index in [0.29, 0.717) is 4.99 Å². The first-order valence-corrected chi connectivity index (χ1v) is 6.07. The average Bonchev–Trinajstić information content (AvgIpc) is 2.28. The lowest BCUT2D eigenvalue weighted by molar-refractivity contribution is -0.131. The van der Waals surface area contributed by atoms with Gasteiger partial charge in [-0.1, -0.05) is 31.5 Å². The first-order chi connectivity index (χ1) is 7.52. The van der Waals surface area contributed by atoms with Crippen molar-refractivity contribution in [3.05, 3.63) is 0 Å². The smallest absolute Gasteiger partial charge is 0.249 e. The molecular formula is C11H20N2O2S. The monoisotopic (exact) mass is 244 g/mol. The van der Waals surface area contributed by atoms with Crippen LogP contribution in [0.1, 0.15) is 39.0 Å². The number of carbonyl (C=O) groups excluding carboxylic acids is 1. The van der Waals surface area contributed by atoms with Crippen LogP contribution in [0.3, 0.4) is 0 Å². The van der Waals surface area contributed by atoms with E-state index in [1.807, 2.05) is 0 Å². The lowest BCUT2D eigenvalue weighted by Crippen LogP contribution is -2.59. The Morgan fingerprint density at radius 1 is 1.44 bits per heavy atom. The van der Waals surface area contributed by atoms with Crippen molar-refractivity contribution in [3.63, 3.8) is 0 Å². The molecule has 0 heterocycles. The second-order valence-corrected chi connectivity index (χ2v) is 4.81. The fourth-order valence-electron chi connectivity index (χ4n) is 2.03. The summed E-state index contributed by atoms with van der Waals surface area (Å²) in [5.74, 6) is -0.141. The van der Waals surface area contributed by atoms with Crippen LogP contribution in [0.4, 0.5) is 0 Å². The number of hydrogen-bond acceptors (Lipinski definition) is 3. The quantitative estimate of drug-likeness (QED) is 0.728. The average molecular weight is 244 g/mol. The van der Waals surface area contributed by atoms with Crippen molar-refractivity contribution < 1.29 is 9.53 Å². The molecule has 0 aromatic carbocycles. The summed E-state index contributed by atoms with van der Waals surface area (Å²) in [4.78, 5) is 12.2. The van der Waals surface area contributed by atoms with Gasteiger partial charge in [0, 0.05) is 7.11 Å². The molecule has 1 amide bonds. The van der Waals surface area contributed by atoms with Crippen molar-refractivity contribution in [1.29, 1.82) is 0 Å². The molecule has 92 valence electrons. The highest BCUT2D eigenvalue weighted by Crippen LogP contribution is 2.28. The Balaban J connectivity index is 2.71. The third-order valence-electron chi connectivity index (χ3n) is 3.26. The molecule has 0 aromatic heterocycles. The summed E-state index contributed by atoms with van der Waals surface area (Å²) in [5.41, 5.74) is 5.28. The largest absolute Gasteiger partial charge is 0.391 e. The van der Waals surface area contributed by atoms with E-state index in [2.05, 4.69) is 5.32 Å². The van der Waals surface area contributed by atoms with Gasteiger partial charge in [0.2, 0.25) is 5.91 Å². The van der Waals surface area contributed by atoms with Gasteiger partial charge in [-0.15, -0.1) is 0 Å². The zero-order valence-electron chi connectivity index (χ0n) is 9.91. The Labute approximate surface area is 102 Å². The molecule has 0 aromatic rings.